The summed E-state index contributed by atoms with van der Waals surface area (Å²) in [6, 6.07) is 7.44. The molecule has 1 amide bonds. The maximum absolute atomic E-state index is 12.2. The highest BCUT2D eigenvalue weighted by Crippen LogP contribution is 2.43. The summed E-state index contributed by atoms with van der Waals surface area (Å²) in [6.07, 6.45) is 0. The molecule has 3 nitrogen and oxygen atoms in total. The molecule has 0 fully saturated rings. The SMILES string of the molecule is C=C(I)C1(C)C(=O)C(=O)N(C)c2ccccc21. The molecule has 17 heavy (non-hydrogen) atoms. The Bertz CT molecular complexity index is 538. The van der Waals surface area contributed by atoms with Crippen molar-refractivity contribution in [3.05, 3.63) is 40.0 Å². The molecule has 4 heteroatoms. The molecular formula is C13H12INO2. The number of hydrogen-bond acceptors (Lipinski definition) is 2. The van der Waals surface area contributed by atoms with E-state index in [9.17, 15) is 9.59 Å². The number of likely N-dealkylation sites (N-methyl/N-ethyl adjacent to an activating group) is 1. The summed E-state index contributed by atoms with van der Waals surface area (Å²) >= 11 is 2.02. The minimum absolute atomic E-state index is 0.418. The van der Waals surface area contributed by atoms with Gasteiger partial charge in [-0.25, -0.2) is 0 Å². The van der Waals surface area contributed by atoms with E-state index in [-0.39, 0.29) is 0 Å². The Hall–Kier alpha value is -1.17. The first-order valence-electron chi connectivity index (χ1n) is 5.17. The summed E-state index contributed by atoms with van der Waals surface area (Å²) in [6.45, 7) is 5.61. The molecule has 0 bridgehead atoms. The molecule has 0 saturated carbocycles. The quantitative estimate of drug-likeness (QED) is 0.581. The zero-order valence-electron chi connectivity index (χ0n) is 9.66. The third-order valence-corrected chi connectivity index (χ3v) is 4.38. The predicted molar refractivity (Wildman–Crippen MR) is 75.4 cm³/mol. The van der Waals surface area contributed by atoms with Crippen LogP contribution in [0, 0.1) is 0 Å². The summed E-state index contributed by atoms with van der Waals surface area (Å²) in [5.74, 6) is -0.901. The molecule has 88 valence electrons. The standard InChI is InChI=1S/C13H12INO2/c1-8(14)13(2)9-6-4-5-7-10(9)15(3)12(17)11(13)16/h4-7H,1H2,2-3H3. The van der Waals surface area contributed by atoms with Crippen molar-refractivity contribution in [2.24, 2.45) is 0 Å². The number of hydrogen-bond donors (Lipinski definition) is 0. The first-order chi connectivity index (χ1) is 7.90. The largest absolute Gasteiger partial charge is 0.309 e. The number of carbonyl (C=O) groups is 2. The second-order valence-electron chi connectivity index (χ2n) is 4.24. The highest BCUT2D eigenvalue weighted by Gasteiger charge is 2.47. The Labute approximate surface area is 114 Å². The minimum Gasteiger partial charge on any atom is -0.309 e. The zero-order chi connectivity index (χ0) is 12.8. The molecule has 0 spiro atoms. The van der Waals surface area contributed by atoms with Crippen molar-refractivity contribution in [1.82, 2.24) is 0 Å². The lowest BCUT2D eigenvalue weighted by atomic mass is 9.75. The van der Waals surface area contributed by atoms with Gasteiger partial charge in [-0.05, 0) is 41.1 Å². The summed E-state index contributed by atoms with van der Waals surface area (Å²) in [5, 5.41) is 0. The van der Waals surface area contributed by atoms with Crippen molar-refractivity contribution in [2.75, 3.05) is 11.9 Å². The van der Waals surface area contributed by atoms with Crippen LogP contribution in [0.1, 0.15) is 12.5 Å². The minimum atomic E-state index is -0.916. The molecule has 0 N–H and O–H groups in total. The van der Waals surface area contributed by atoms with Gasteiger partial charge < -0.3 is 4.90 Å². The fourth-order valence-corrected chi connectivity index (χ4v) is 2.59. The second-order valence-corrected chi connectivity index (χ2v) is 5.54. The topological polar surface area (TPSA) is 37.4 Å². The predicted octanol–water partition coefficient (Wildman–Crippen LogP) is 2.44. The number of rotatable bonds is 1. The second kappa shape index (κ2) is 3.94. The Balaban J connectivity index is 2.78. The van der Waals surface area contributed by atoms with E-state index >= 15 is 0 Å². The van der Waals surface area contributed by atoms with E-state index in [2.05, 4.69) is 6.58 Å². The third-order valence-electron chi connectivity index (χ3n) is 3.30. The van der Waals surface area contributed by atoms with Crippen molar-refractivity contribution in [2.45, 2.75) is 12.3 Å². The van der Waals surface area contributed by atoms with Gasteiger partial charge in [0.15, 0.2) is 0 Å². The van der Waals surface area contributed by atoms with Crippen LogP contribution in [0.5, 0.6) is 0 Å². The van der Waals surface area contributed by atoms with Crippen LogP contribution in [-0.2, 0) is 15.0 Å². The smallest absolute Gasteiger partial charge is 0.295 e. The van der Waals surface area contributed by atoms with E-state index in [1.807, 2.05) is 46.9 Å². The lowest BCUT2D eigenvalue weighted by molar-refractivity contribution is -0.138. The van der Waals surface area contributed by atoms with Crippen LogP contribution in [0.3, 0.4) is 0 Å². The zero-order valence-corrected chi connectivity index (χ0v) is 11.8. The molecule has 1 aliphatic rings. The summed E-state index contributed by atoms with van der Waals surface area (Å²) in [5.41, 5.74) is 0.699. The highest BCUT2D eigenvalue weighted by atomic mass is 127. The van der Waals surface area contributed by atoms with Gasteiger partial charge in [0.05, 0.1) is 5.41 Å². The van der Waals surface area contributed by atoms with Crippen molar-refractivity contribution < 1.29 is 9.59 Å². The summed E-state index contributed by atoms with van der Waals surface area (Å²) < 4.78 is 0.661. The summed E-state index contributed by atoms with van der Waals surface area (Å²) in [4.78, 5) is 25.5. The van der Waals surface area contributed by atoms with Gasteiger partial charge in [-0.2, -0.15) is 0 Å². The van der Waals surface area contributed by atoms with Crippen LogP contribution in [0.25, 0.3) is 0 Å². The average Bonchev–Trinajstić information content (AvgIpc) is 2.33. The van der Waals surface area contributed by atoms with Crippen molar-refractivity contribution in [1.29, 1.82) is 0 Å². The molecule has 0 aromatic heterocycles. The lowest BCUT2D eigenvalue weighted by Gasteiger charge is -2.37. The highest BCUT2D eigenvalue weighted by molar-refractivity contribution is 14.1. The Kier molecular flexibility index (Phi) is 2.85. The number of benzene rings is 1. The number of ketones is 1. The normalized spacial score (nSPS) is 23.6. The maximum Gasteiger partial charge on any atom is 0.295 e. The van der Waals surface area contributed by atoms with E-state index in [0.717, 1.165) is 11.3 Å². The Morgan fingerprint density at radius 3 is 2.53 bits per heavy atom. The van der Waals surface area contributed by atoms with Crippen LogP contribution in [0.15, 0.2) is 34.4 Å². The molecule has 1 unspecified atom stereocenters. The number of allylic oxidation sites excluding steroid dienone is 1. The Morgan fingerprint density at radius 1 is 1.35 bits per heavy atom. The van der Waals surface area contributed by atoms with Gasteiger partial charge in [0.25, 0.3) is 5.91 Å². The fourth-order valence-electron chi connectivity index (χ4n) is 2.06. The first kappa shape index (κ1) is 12.3. The van der Waals surface area contributed by atoms with Gasteiger partial charge in [-0.1, -0.05) is 24.8 Å². The monoisotopic (exact) mass is 341 g/mol. The van der Waals surface area contributed by atoms with Gasteiger partial charge in [-0.15, -0.1) is 0 Å². The molecule has 2 rings (SSSR count). The van der Waals surface area contributed by atoms with Crippen LogP contribution >= 0.6 is 22.6 Å². The van der Waals surface area contributed by atoms with Crippen LogP contribution < -0.4 is 4.90 Å². The van der Waals surface area contributed by atoms with E-state index in [4.69, 9.17) is 0 Å². The molecule has 1 aliphatic heterocycles. The molecular weight excluding hydrogens is 329 g/mol. The van der Waals surface area contributed by atoms with Crippen LogP contribution in [0.4, 0.5) is 5.69 Å². The molecule has 1 heterocycles. The van der Waals surface area contributed by atoms with Gasteiger partial charge >= 0.3 is 0 Å². The molecule has 0 saturated heterocycles. The number of fused-ring (bicyclic) bond motifs is 1. The van der Waals surface area contributed by atoms with E-state index in [1.54, 1.807) is 14.0 Å². The van der Waals surface area contributed by atoms with Crippen LogP contribution in [0.2, 0.25) is 0 Å². The van der Waals surface area contributed by atoms with Gasteiger partial charge in [0, 0.05) is 16.3 Å². The number of para-hydroxylation sites is 1. The van der Waals surface area contributed by atoms with Gasteiger partial charge in [0.1, 0.15) is 0 Å². The van der Waals surface area contributed by atoms with E-state index < -0.39 is 17.1 Å². The van der Waals surface area contributed by atoms with E-state index in [1.165, 1.54) is 4.90 Å². The number of nitrogens with zero attached hydrogens (tertiary/aromatic N) is 1. The van der Waals surface area contributed by atoms with Gasteiger partial charge in [0.2, 0.25) is 5.78 Å². The number of Topliss-reactive ketones (excluding diaryl/α,β-unsaturated/α-hetero) is 1. The molecule has 1 aromatic rings. The van der Waals surface area contributed by atoms with Crippen molar-refractivity contribution in [3.8, 4) is 0 Å². The van der Waals surface area contributed by atoms with Crippen molar-refractivity contribution >= 4 is 40.0 Å². The lowest BCUT2D eigenvalue weighted by Crippen LogP contribution is -2.50. The number of carbonyl (C=O) groups excluding carboxylic acids is 2. The first-order valence-corrected chi connectivity index (χ1v) is 6.25. The molecule has 0 radical (unpaired) electrons. The maximum atomic E-state index is 12.2. The number of amides is 1. The fraction of sp³-hybridized carbons (Fsp3) is 0.231. The number of halogens is 1. The molecule has 0 aliphatic carbocycles. The molecule has 1 aromatic carbocycles. The summed E-state index contributed by atoms with van der Waals surface area (Å²) in [7, 11) is 1.62. The van der Waals surface area contributed by atoms with Crippen molar-refractivity contribution in [3.63, 3.8) is 0 Å². The van der Waals surface area contributed by atoms with E-state index in [0.29, 0.717) is 3.58 Å². The molecule has 1 atom stereocenters. The number of anilines is 1. The Morgan fingerprint density at radius 2 is 1.94 bits per heavy atom. The average molecular weight is 341 g/mol. The van der Waals surface area contributed by atoms with Gasteiger partial charge in [-0.3, -0.25) is 9.59 Å². The van der Waals surface area contributed by atoms with Crippen LogP contribution in [-0.4, -0.2) is 18.7 Å². The third kappa shape index (κ3) is 1.54.